The van der Waals surface area contributed by atoms with Crippen LogP contribution in [0.3, 0.4) is 0 Å². The average molecular weight is 426 g/mol. The van der Waals surface area contributed by atoms with E-state index in [2.05, 4.69) is 20.6 Å². The predicted molar refractivity (Wildman–Crippen MR) is 113 cm³/mol. The van der Waals surface area contributed by atoms with Gasteiger partial charge in [-0.05, 0) is 32.3 Å². The lowest BCUT2D eigenvalue weighted by Gasteiger charge is -2.34. The van der Waals surface area contributed by atoms with Crippen LogP contribution in [0.5, 0.6) is 0 Å². The van der Waals surface area contributed by atoms with Crippen molar-refractivity contribution in [2.75, 3.05) is 22.1 Å². The normalized spacial score (nSPS) is 20.5. The zero-order chi connectivity index (χ0) is 22.1. The Labute approximate surface area is 177 Å². The SMILES string of the molecule is C[C@@H]1CCCCN1c1nc2c(c(=O)[nH]1)[C@@H](C(=O)Nc1cccc([N+](=O)[O-])c1)CC(=O)N2. The van der Waals surface area contributed by atoms with Crippen LogP contribution in [0.1, 0.15) is 44.1 Å². The number of nitro groups is 1. The summed E-state index contributed by atoms with van der Waals surface area (Å²) in [5.74, 6) is -1.65. The second kappa shape index (κ2) is 8.17. The minimum absolute atomic E-state index is 0.0759. The number of benzene rings is 1. The maximum Gasteiger partial charge on any atom is 0.271 e. The lowest BCUT2D eigenvalue weighted by atomic mass is 9.92. The van der Waals surface area contributed by atoms with E-state index in [9.17, 15) is 24.5 Å². The number of non-ortho nitro benzene ring substituents is 1. The van der Waals surface area contributed by atoms with Gasteiger partial charge in [0.25, 0.3) is 11.2 Å². The molecule has 1 saturated heterocycles. The van der Waals surface area contributed by atoms with Gasteiger partial charge in [-0.25, -0.2) is 0 Å². The summed E-state index contributed by atoms with van der Waals surface area (Å²) in [5.41, 5.74) is -0.387. The number of aromatic nitrogens is 2. The molecule has 4 rings (SSSR count). The number of amides is 2. The Hall–Kier alpha value is -3.76. The fourth-order valence-corrected chi connectivity index (χ4v) is 4.06. The summed E-state index contributed by atoms with van der Waals surface area (Å²) in [4.78, 5) is 57.6. The lowest BCUT2D eigenvalue weighted by molar-refractivity contribution is -0.384. The zero-order valence-electron chi connectivity index (χ0n) is 16.9. The lowest BCUT2D eigenvalue weighted by Crippen LogP contribution is -2.41. The molecule has 0 unspecified atom stereocenters. The first-order chi connectivity index (χ1) is 14.8. The highest BCUT2D eigenvalue weighted by molar-refractivity contribution is 6.04. The third kappa shape index (κ3) is 4.11. The first-order valence-corrected chi connectivity index (χ1v) is 10.1. The molecule has 11 heteroatoms. The summed E-state index contributed by atoms with van der Waals surface area (Å²) in [6.07, 6.45) is 2.83. The molecule has 1 fully saturated rings. The monoisotopic (exact) mass is 426 g/mol. The third-order valence-electron chi connectivity index (χ3n) is 5.65. The van der Waals surface area contributed by atoms with Gasteiger partial charge in [-0.1, -0.05) is 6.07 Å². The van der Waals surface area contributed by atoms with Crippen LogP contribution in [0.4, 0.5) is 23.1 Å². The molecule has 3 heterocycles. The first kappa shape index (κ1) is 20.5. The zero-order valence-corrected chi connectivity index (χ0v) is 16.9. The second-order valence-electron chi connectivity index (χ2n) is 7.79. The molecule has 2 aromatic rings. The molecule has 2 amide bonds. The highest BCUT2D eigenvalue weighted by Gasteiger charge is 2.35. The molecule has 3 N–H and O–H groups in total. The van der Waals surface area contributed by atoms with Crippen LogP contribution < -0.4 is 21.1 Å². The van der Waals surface area contributed by atoms with E-state index >= 15 is 0 Å². The van der Waals surface area contributed by atoms with E-state index < -0.39 is 28.2 Å². The number of piperidine rings is 1. The second-order valence-corrected chi connectivity index (χ2v) is 7.79. The molecule has 1 aromatic carbocycles. The van der Waals surface area contributed by atoms with Crippen LogP contribution in [0, 0.1) is 10.1 Å². The molecule has 0 saturated carbocycles. The van der Waals surface area contributed by atoms with Gasteiger partial charge in [-0.3, -0.25) is 29.5 Å². The van der Waals surface area contributed by atoms with E-state index in [0.29, 0.717) is 5.95 Å². The number of anilines is 3. The van der Waals surface area contributed by atoms with Gasteiger partial charge in [-0.2, -0.15) is 4.98 Å². The summed E-state index contributed by atoms with van der Waals surface area (Å²) < 4.78 is 0. The Morgan fingerprint density at radius 3 is 2.87 bits per heavy atom. The van der Waals surface area contributed by atoms with E-state index in [1.807, 2.05) is 11.8 Å². The van der Waals surface area contributed by atoms with Crippen molar-refractivity contribution in [1.82, 2.24) is 9.97 Å². The van der Waals surface area contributed by atoms with Crippen molar-refractivity contribution in [3.05, 3.63) is 50.3 Å². The minimum atomic E-state index is -1.06. The van der Waals surface area contributed by atoms with Crippen LogP contribution in [-0.2, 0) is 9.59 Å². The molecular weight excluding hydrogens is 404 g/mol. The van der Waals surface area contributed by atoms with E-state index in [1.165, 1.54) is 24.3 Å². The standard InChI is InChI=1S/C20H22N6O5/c1-11-5-2-3-8-25(11)20-23-17-16(19(29)24-20)14(10-15(27)22-17)18(28)21-12-6-4-7-13(9-12)26(30)31/h4,6-7,9,11,14H,2-3,5,8,10H2,1H3,(H,21,28)(H2,22,23,24,27,29)/t11-,14+/m1/s1. The minimum Gasteiger partial charge on any atom is -0.340 e. The third-order valence-corrected chi connectivity index (χ3v) is 5.65. The van der Waals surface area contributed by atoms with Crippen molar-refractivity contribution in [3.8, 4) is 0 Å². The number of hydrogen-bond acceptors (Lipinski definition) is 7. The molecule has 2 aliphatic rings. The number of nitrogens with one attached hydrogen (secondary N) is 3. The Bertz CT molecular complexity index is 1110. The van der Waals surface area contributed by atoms with Crippen LogP contribution in [-0.4, -0.2) is 39.3 Å². The van der Waals surface area contributed by atoms with E-state index in [-0.39, 0.29) is 35.2 Å². The van der Waals surface area contributed by atoms with Crippen molar-refractivity contribution in [1.29, 1.82) is 0 Å². The fourth-order valence-electron chi connectivity index (χ4n) is 4.06. The molecule has 31 heavy (non-hydrogen) atoms. The maximum atomic E-state index is 12.9. The molecular formula is C20H22N6O5. The summed E-state index contributed by atoms with van der Waals surface area (Å²) >= 11 is 0. The number of nitro benzene ring substituents is 1. The molecule has 2 atom stereocenters. The van der Waals surface area contributed by atoms with Crippen molar-refractivity contribution in [2.24, 2.45) is 0 Å². The number of fused-ring (bicyclic) bond motifs is 1. The van der Waals surface area contributed by atoms with Gasteiger partial charge in [-0.15, -0.1) is 0 Å². The number of aromatic amines is 1. The van der Waals surface area contributed by atoms with Crippen LogP contribution >= 0.6 is 0 Å². The number of carbonyl (C=O) groups excluding carboxylic acids is 2. The average Bonchev–Trinajstić information content (AvgIpc) is 2.73. The number of H-pyrrole nitrogens is 1. The highest BCUT2D eigenvalue weighted by atomic mass is 16.6. The largest absolute Gasteiger partial charge is 0.340 e. The van der Waals surface area contributed by atoms with Crippen LogP contribution in [0.15, 0.2) is 29.1 Å². The van der Waals surface area contributed by atoms with Crippen molar-refractivity contribution in [2.45, 2.75) is 44.6 Å². The van der Waals surface area contributed by atoms with Gasteiger partial charge in [0.15, 0.2) is 0 Å². The van der Waals surface area contributed by atoms with Crippen molar-refractivity contribution >= 4 is 35.0 Å². The van der Waals surface area contributed by atoms with E-state index in [0.717, 1.165) is 25.8 Å². The van der Waals surface area contributed by atoms with Crippen molar-refractivity contribution < 1.29 is 14.5 Å². The maximum absolute atomic E-state index is 12.9. The quantitative estimate of drug-likeness (QED) is 0.500. The van der Waals surface area contributed by atoms with Crippen LogP contribution in [0.2, 0.25) is 0 Å². The number of rotatable bonds is 4. The predicted octanol–water partition coefficient (Wildman–Crippen LogP) is 2.12. The molecule has 2 aliphatic heterocycles. The Morgan fingerprint density at radius 2 is 2.13 bits per heavy atom. The van der Waals surface area contributed by atoms with Crippen LogP contribution in [0.25, 0.3) is 0 Å². The Kier molecular flexibility index (Phi) is 5.40. The first-order valence-electron chi connectivity index (χ1n) is 10.1. The smallest absolute Gasteiger partial charge is 0.271 e. The summed E-state index contributed by atoms with van der Waals surface area (Å²) in [7, 11) is 0. The Balaban J connectivity index is 1.65. The van der Waals surface area contributed by atoms with Crippen molar-refractivity contribution in [3.63, 3.8) is 0 Å². The fraction of sp³-hybridized carbons (Fsp3) is 0.400. The molecule has 0 bridgehead atoms. The molecule has 0 spiro atoms. The van der Waals surface area contributed by atoms with E-state index in [4.69, 9.17) is 0 Å². The van der Waals surface area contributed by atoms with Gasteiger partial charge in [0.05, 0.1) is 16.4 Å². The number of hydrogen-bond donors (Lipinski definition) is 3. The van der Waals surface area contributed by atoms with Gasteiger partial charge in [0.2, 0.25) is 17.8 Å². The van der Waals surface area contributed by atoms with E-state index in [1.54, 1.807) is 0 Å². The van der Waals surface area contributed by atoms with Gasteiger partial charge in [0.1, 0.15) is 5.82 Å². The molecule has 0 aliphatic carbocycles. The van der Waals surface area contributed by atoms with Gasteiger partial charge >= 0.3 is 0 Å². The number of nitrogens with zero attached hydrogens (tertiary/aromatic N) is 3. The summed E-state index contributed by atoms with van der Waals surface area (Å²) in [6.45, 7) is 2.79. The summed E-state index contributed by atoms with van der Waals surface area (Å²) in [6, 6.07) is 5.65. The topological polar surface area (TPSA) is 150 Å². The van der Waals surface area contributed by atoms with Gasteiger partial charge in [0, 0.05) is 36.8 Å². The highest BCUT2D eigenvalue weighted by Crippen LogP contribution is 2.31. The molecule has 162 valence electrons. The van der Waals surface area contributed by atoms with Gasteiger partial charge < -0.3 is 15.5 Å². The molecule has 1 aromatic heterocycles. The summed E-state index contributed by atoms with van der Waals surface area (Å²) in [5, 5.41) is 16.1. The Morgan fingerprint density at radius 1 is 1.32 bits per heavy atom. The molecule has 11 nitrogen and oxygen atoms in total. The molecule has 0 radical (unpaired) electrons. The number of carbonyl (C=O) groups is 2.